The quantitative estimate of drug-likeness (QED) is 0.886. The molecule has 0 fully saturated rings. The first-order valence-corrected chi connectivity index (χ1v) is 6.87. The predicted octanol–water partition coefficient (Wildman–Crippen LogP) is 3.43. The number of nitrogens with zero attached hydrogens (tertiary/aromatic N) is 1. The van der Waals surface area contributed by atoms with E-state index in [1.165, 1.54) is 6.20 Å². The molecule has 0 aliphatic heterocycles. The second-order valence-corrected chi connectivity index (χ2v) is 5.10. The second-order valence-electron chi connectivity index (χ2n) is 5.10. The van der Waals surface area contributed by atoms with Crippen LogP contribution in [0.2, 0.25) is 0 Å². The van der Waals surface area contributed by atoms with Crippen molar-refractivity contribution in [3.63, 3.8) is 0 Å². The summed E-state index contributed by atoms with van der Waals surface area (Å²) in [7, 11) is 1.56. The molecule has 5 heteroatoms. The van der Waals surface area contributed by atoms with Gasteiger partial charge in [-0.15, -0.1) is 0 Å². The predicted molar refractivity (Wildman–Crippen MR) is 78.0 cm³/mol. The topological polar surface area (TPSA) is 59.4 Å². The third-order valence-electron chi connectivity index (χ3n) is 3.62. The molecule has 2 rings (SSSR count). The molecule has 4 nitrogen and oxygen atoms in total. The number of carboxylic acids is 1. The molecule has 0 saturated heterocycles. The maximum absolute atomic E-state index is 14.0. The van der Waals surface area contributed by atoms with Crippen LogP contribution in [0.3, 0.4) is 0 Å². The van der Waals surface area contributed by atoms with Crippen molar-refractivity contribution < 1.29 is 19.0 Å². The molecule has 0 aliphatic carbocycles. The summed E-state index contributed by atoms with van der Waals surface area (Å²) in [6.45, 7) is 1.66. The van der Waals surface area contributed by atoms with Gasteiger partial charge in [0.1, 0.15) is 11.6 Å². The Bertz CT molecular complexity index is 657. The Morgan fingerprint density at radius 2 is 2.24 bits per heavy atom. The maximum Gasteiger partial charge on any atom is 0.306 e. The van der Waals surface area contributed by atoms with Gasteiger partial charge in [-0.05, 0) is 43.0 Å². The molecule has 1 N–H and O–H groups in total. The molecule has 1 aromatic carbocycles. The van der Waals surface area contributed by atoms with Crippen LogP contribution in [-0.4, -0.2) is 23.2 Å². The van der Waals surface area contributed by atoms with Crippen LogP contribution in [-0.2, 0) is 11.2 Å². The third-order valence-corrected chi connectivity index (χ3v) is 3.62. The first kappa shape index (κ1) is 15.2. The van der Waals surface area contributed by atoms with Crippen molar-refractivity contribution in [3.8, 4) is 5.75 Å². The summed E-state index contributed by atoms with van der Waals surface area (Å²) in [6, 6.07) is 5.34. The first-order valence-electron chi connectivity index (χ1n) is 6.87. The molecule has 112 valence electrons. The molecule has 0 radical (unpaired) electrons. The molecular weight excluding hydrogens is 273 g/mol. The molecule has 1 heterocycles. The minimum absolute atomic E-state index is 0.362. The fraction of sp³-hybridized carbons (Fsp3) is 0.375. The van der Waals surface area contributed by atoms with Crippen LogP contribution in [0.15, 0.2) is 24.4 Å². The van der Waals surface area contributed by atoms with Gasteiger partial charge in [-0.3, -0.25) is 9.78 Å². The van der Waals surface area contributed by atoms with E-state index in [1.807, 2.05) is 0 Å². The molecule has 21 heavy (non-hydrogen) atoms. The number of hydrogen-bond acceptors (Lipinski definition) is 3. The fourth-order valence-corrected chi connectivity index (χ4v) is 2.29. The van der Waals surface area contributed by atoms with Crippen LogP contribution in [0.4, 0.5) is 4.39 Å². The number of fused-ring (bicyclic) bond motifs is 1. The Labute approximate surface area is 122 Å². The zero-order valence-corrected chi connectivity index (χ0v) is 12.1. The Kier molecular flexibility index (Phi) is 4.73. The third kappa shape index (κ3) is 3.48. The Balaban J connectivity index is 2.25. The molecule has 2 aromatic rings. The second kappa shape index (κ2) is 6.52. The highest BCUT2D eigenvalue weighted by Crippen LogP contribution is 2.26. The van der Waals surface area contributed by atoms with E-state index in [9.17, 15) is 9.18 Å². The summed E-state index contributed by atoms with van der Waals surface area (Å²) in [4.78, 5) is 14.9. The van der Waals surface area contributed by atoms with Gasteiger partial charge in [-0.1, -0.05) is 6.92 Å². The maximum atomic E-state index is 14.0. The van der Waals surface area contributed by atoms with Gasteiger partial charge in [0.2, 0.25) is 0 Å². The number of rotatable bonds is 6. The lowest BCUT2D eigenvalue weighted by molar-refractivity contribution is -0.141. The summed E-state index contributed by atoms with van der Waals surface area (Å²) in [5, 5.41) is 9.59. The number of pyridine rings is 1. The van der Waals surface area contributed by atoms with E-state index < -0.39 is 11.9 Å². The lowest BCUT2D eigenvalue weighted by atomic mass is 9.98. The Morgan fingerprint density at radius 1 is 1.48 bits per heavy atom. The van der Waals surface area contributed by atoms with Crippen LogP contribution >= 0.6 is 0 Å². The van der Waals surface area contributed by atoms with E-state index >= 15 is 0 Å². The number of methoxy groups -OCH3 is 1. The molecule has 1 atom stereocenters. The van der Waals surface area contributed by atoms with Gasteiger partial charge in [0, 0.05) is 5.39 Å². The van der Waals surface area contributed by atoms with Gasteiger partial charge in [0.15, 0.2) is 0 Å². The minimum atomic E-state index is -0.822. The van der Waals surface area contributed by atoms with E-state index in [4.69, 9.17) is 9.84 Å². The summed E-state index contributed by atoms with van der Waals surface area (Å²) < 4.78 is 19.2. The molecule has 0 aliphatic rings. The number of halogens is 1. The van der Waals surface area contributed by atoms with Crippen LogP contribution in [0, 0.1) is 11.7 Å². The summed E-state index contributed by atoms with van der Waals surface area (Å²) >= 11 is 0. The molecular formula is C16H18FNO3. The summed E-state index contributed by atoms with van der Waals surface area (Å²) in [5.74, 6) is -0.957. The van der Waals surface area contributed by atoms with Crippen LogP contribution < -0.4 is 4.74 Å². The van der Waals surface area contributed by atoms with Crippen molar-refractivity contribution in [2.45, 2.75) is 26.2 Å². The monoisotopic (exact) mass is 291 g/mol. The van der Waals surface area contributed by atoms with Gasteiger partial charge in [0.25, 0.3) is 0 Å². The molecule has 1 unspecified atom stereocenters. The average Bonchev–Trinajstić information content (AvgIpc) is 2.48. The Morgan fingerprint density at radius 3 is 2.90 bits per heavy atom. The summed E-state index contributed by atoms with van der Waals surface area (Å²) in [6.07, 6.45) is 2.82. The highest BCUT2D eigenvalue weighted by molar-refractivity contribution is 5.83. The van der Waals surface area contributed by atoms with E-state index in [1.54, 1.807) is 32.2 Å². The zero-order chi connectivity index (χ0) is 15.4. The zero-order valence-electron chi connectivity index (χ0n) is 12.1. The molecule has 0 bridgehead atoms. The average molecular weight is 291 g/mol. The van der Waals surface area contributed by atoms with E-state index in [0.29, 0.717) is 36.1 Å². The largest absolute Gasteiger partial charge is 0.497 e. The number of hydrogen-bond donors (Lipinski definition) is 1. The van der Waals surface area contributed by atoms with Crippen LogP contribution in [0.25, 0.3) is 10.9 Å². The highest BCUT2D eigenvalue weighted by atomic mass is 19.1. The number of benzene rings is 1. The Hall–Kier alpha value is -2.17. The van der Waals surface area contributed by atoms with E-state index in [0.717, 1.165) is 5.39 Å². The van der Waals surface area contributed by atoms with Crippen LogP contribution in [0.1, 0.15) is 25.3 Å². The van der Waals surface area contributed by atoms with Gasteiger partial charge in [-0.2, -0.15) is 0 Å². The lowest BCUT2D eigenvalue weighted by Gasteiger charge is -2.10. The van der Waals surface area contributed by atoms with Crippen molar-refractivity contribution in [3.05, 3.63) is 35.8 Å². The van der Waals surface area contributed by atoms with Gasteiger partial charge >= 0.3 is 5.97 Å². The lowest BCUT2D eigenvalue weighted by Crippen LogP contribution is -2.09. The number of ether oxygens (including phenoxy) is 1. The van der Waals surface area contributed by atoms with Crippen molar-refractivity contribution in [1.29, 1.82) is 0 Å². The first-order chi connectivity index (χ1) is 10.0. The van der Waals surface area contributed by atoms with Crippen molar-refractivity contribution in [2.24, 2.45) is 5.92 Å². The minimum Gasteiger partial charge on any atom is -0.497 e. The molecule has 1 aromatic heterocycles. The van der Waals surface area contributed by atoms with Crippen LogP contribution in [0.5, 0.6) is 5.75 Å². The molecule has 0 spiro atoms. The number of carboxylic acid groups (broad SMARTS) is 1. The molecule has 0 saturated carbocycles. The number of aryl methyl sites for hydroxylation is 1. The summed E-state index contributed by atoms with van der Waals surface area (Å²) in [5.41, 5.74) is 1.27. The van der Waals surface area contributed by atoms with Crippen molar-refractivity contribution in [1.82, 2.24) is 4.98 Å². The van der Waals surface area contributed by atoms with E-state index in [-0.39, 0.29) is 5.82 Å². The molecule has 0 amide bonds. The van der Waals surface area contributed by atoms with Gasteiger partial charge in [0.05, 0.1) is 24.7 Å². The fourth-order valence-electron chi connectivity index (χ4n) is 2.29. The van der Waals surface area contributed by atoms with E-state index in [2.05, 4.69) is 4.98 Å². The highest BCUT2D eigenvalue weighted by Gasteiger charge is 2.13. The van der Waals surface area contributed by atoms with Crippen molar-refractivity contribution >= 4 is 16.9 Å². The smallest absolute Gasteiger partial charge is 0.306 e. The van der Waals surface area contributed by atoms with Crippen molar-refractivity contribution in [2.75, 3.05) is 7.11 Å². The SMILES string of the molecule is COc1ccc2ncc(F)c(CCCC(C)C(=O)O)c2c1. The normalized spacial score (nSPS) is 12.3. The number of aromatic nitrogens is 1. The number of aliphatic carboxylic acids is 1. The number of carbonyl (C=O) groups is 1. The van der Waals surface area contributed by atoms with Gasteiger partial charge < -0.3 is 9.84 Å². The standard InChI is InChI=1S/C16H18FNO3/c1-10(16(19)20)4-3-5-12-13-8-11(21-2)6-7-15(13)18-9-14(12)17/h6-10H,3-5H2,1-2H3,(H,19,20). The van der Waals surface area contributed by atoms with Gasteiger partial charge in [-0.25, -0.2) is 4.39 Å².